The van der Waals surface area contributed by atoms with Gasteiger partial charge < -0.3 is 19.7 Å². The SMILES string of the molecule is CC12CCC3C(CCC4=CC(O)CCC43C=O)C1(O)CCC2C1=CC(=O)OC1. The number of esters is 1. The summed E-state index contributed by atoms with van der Waals surface area (Å²) in [6.45, 7) is 2.54. The second-order valence-corrected chi connectivity index (χ2v) is 10.0. The van der Waals surface area contributed by atoms with Gasteiger partial charge in [-0.25, -0.2) is 4.79 Å². The monoisotopic (exact) mass is 386 g/mol. The Balaban J connectivity index is 1.52. The van der Waals surface area contributed by atoms with Crippen LogP contribution in [0.4, 0.5) is 0 Å². The van der Waals surface area contributed by atoms with Gasteiger partial charge in [0.2, 0.25) is 0 Å². The van der Waals surface area contributed by atoms with Crippen molar-refractivity contribution in [3.8, 4) is 0 Å². The van der Waals surface area contributed by atoms with Gasteiger partial charge in [-0.3, -0.25) is 0 Å². The summed E-state index contributed by atoms with van der Waals surface area (Å²) < 4.78 is 5.17. The third-order valence-electron chi connectivity index (χ3n) is 9.22. The van der Waals surface area contributed by atoms with E-state index in [2.05, 4.69) is 6.92 Å². The lowest BCUT2D eigenvalue weighted by molar-refractivity contribution is -0.183. The highest BCUT2D eigenvalue weighted by atomic mass is 16.5. The Bertz CT molecular complexity index is 784. The molecule has 0 aromatic heterocycles. The van der Waals surface area contributed by atoms with Crippen molar-refractivity contribution >= 4 is 12.3 Å². The molecule has 0 bridgehead atoms. The predicted molar refractivity (Wildman–Crippen MR) is 102 cm³/mol. The fraction of sp³-hybridized carbons (Fsp3) is 0.739. The Kier molecular flexibility index (Phi) is 3.99. The first-order valence-corrected chi connectivity index (χ1v) is 10.8. The van der Waals surface area contributed by atoms with E-state index in [-0.39, 0.29) is 29.1 Å². The molecule has 5 nitrogen and oxygen atoms in total. The van der Waals surface area contributed by atoms with Crippen LogP contribution in [0.15, 0.2) is 23.3 Å². The van der Waals surface area contributed by atoms with Gasteiger partial charge in [-0.2, -0.15) is 0 Å². The molecule has 3 fully saturated rings. The first-order chi connectivity index (χ1) is 13.3. The lowest BCUT2D eigenvalue weighted by Gasteiger charge is -2.61. The van der Waals surface area contributed by atoms with Crippen molar-refractivity contribution in [3.63, 3.8) is 0 Å². The van der Waals surface area contributed by atoms with E-state index >= 15 is 0 Å². The number of aliphatic hydroxyl groups is 2. The van der Waals surface area contributed by atoms with Crippen molar-refractivity contribution in [2.75, 3.05) is 6.61 Å². The van der Waals surface area contributed by atoms with Crippen LogP contribution >= 0.6 is 0 Å². The molecule has 7 atom stereocenters. The average molecular weight is 386 g/mol. The molecule has 0 radical (unpaired) electrons. The van der Waals surface area contributed by atoms with Crippen molar-refractivity contribution in [2.24, 2.45) is 28.6 Å². The Morgan fingerprint density at radius 3 is 2.68 bits per heavy atom. The molecule has 5 aliphatic rings. The molecule has 3 saturated carbocycles. The molecule has 7 unspecified atom stereocenters. The zero-order chi connectivity index (χ0) is 19.7. The number of aldehydes is 1. The molecular formula is C23H30O5. The minimum Gasteiger partial charge on any atom is -0.458 e. The summed E-state index contributed by atoms with van der Waals surface area (Å²) in [6, 6.07) is 0. The maximum absolute atomic E-state index is 12.4. The number of aliphatic hydroxyl groups excluding tert-OH is 1. The first kappa shape index (κ1) is 18.6. The summed E-state index contributed by atoms with van der Waals surface area (Å²) in [4.78, 5) is 24.0. The zero-order valence-corrected chi connectivity index (χ0v) is 16.5. The van der Waals surface area contributed by atoms with Gasteiger partial charge >= 0.3 is 5.97 Å². The van der Waals surface area contributed by atoms with Crippen molar-refractivity contribution < 1.29 is 24.5 Å². The Morgan fingerprint density at radius 2 is 1.96 bits per heavy atom. The zero-order valence-electron chi connectivity index (χ0n) is 16.5. The number of rotatable bonds is 2. The van der Waals surface area contributed by atoms with Crippen LogP contribution in [0.3, 0.4) is 0 Å². The predicted octanol–water partition coefficient (Wildman–Crippen LogP) is 2.70. The summed E-state index contributed by atoms with van der Waals surface area (Å²) >= 11 is 0. The summed E-state index contributed by atoms with van der Waals surface area (Å²) in [5, 5.41) is 22.2. The molecule has 0 saturated heterocycles. The molecule has 152 valence electrons. The smallest absolute Gasteiger partial charge is 0.331 e. The van der Waals surface area contributed by atoms with E-state index in [1.165, 1.54) is 0 Å². The van der Waals surface area contributed by atoms with Crippen LogP contribution in [0.1, 0.15) is 58.3 Å². The van der Waals surface area contributed by atoms with Gasteiger partial charge in [-0.15, -0.1) is 0 Å². The van der Waals surface area contributed by atoms with Crippen LogP contribution in [0.2, 0.25) is 0 Å². The average Bonchev–Trinajstić information content (AvgIpc) is 3.22. The highest BCUT2D eigenvalue weighted by molar-refractivity contribution is 5.85. The maximum atomic E-state index is 12.4. The third-order valence-corrected chi connectivity index (χ3v) is 9.22. The highest BCUT2D eigenvalue weighted by Gasteiger charge is 2.67. The number of ether oxygens (including phenoxy) is 1. The molecule has 0 amide bonds. The number of fused-ring (bicyclic) bond motifs is 5. The van der Waals surface area contributed by atoms with Crippen LogP contribution in [-0.2, 0) is 14.3 Å². The van der Waals surface area contributed by atoms with Gasteiger partial charge in [-0.05, 0) is 74.7 Å². The Labute approximate surface area is 165 Å². The molecule has 5 heteroatoms. The maximum Gasteiger partial charge on any atom is 0.331 e. The molecule has 2 N–H and O–H groups in total. The number of cyclic esters (lactones) is 1. The van der Waals surface area contributed by atoms with Gasteiger partial charge in [-0.1, -0.05) is 18.6 Å². The van der Waals surface area contributed by atoms with E-state index in [0.717, 1.165) is 56.0 Å². The van der Waals surface area contributed by atoms with Gasteiger partial charge in [0.05, 0.1) is 17.1 Å². The molecule has 28 heavy (non-hydrogen) atoms. The fourth-order valence-electron chi connectivity index (χ4n) is 7.79. The second-order valence-electron chi connectivity index (χ2n) is 10.0. The number of carbonyl (C=O) groups is 2. The van der Waals surface area contributed by atoms with Crippen molar-refractivity contribution in [1.82, 2.24) is 0 Å². The minimum absolute atomic E-state index is 0.0902. The first-order valence-electron chi connectivity index (χ1n) is 10.8. The molecule has 0 spiro atoms. The summed E-state index contributed by atoms with van der Waals surface area (Å²) in [6.07, 6.45) is 10.5. The van der Waals surface area contributed by atoms with Crippen LogP contribution in [0.25, 0.3) is 0 Å². The fourth-order valence-corrected chi connectivity index (χ4v) is 7.79. The summed E-state index contributed by atoms with van der Waals surface area (Å²) in [5.74, 6) is 0.135. The number of hydrogen-bond acceptors (Lipinski definition) is 5. The molecule has 4 aliphatic carbocycles. The van der Waals surface area contributed by atoms with E-state index in [9.17, 15) is 19.8 Å². The van der Waals surface area contributed by atoms with Gasteiger partial charge in [0, 0.05) is 11.5 Å². The van der Waals surface area contributed by atoms with E-state index in [1.807, 2.05) is 6.08 Å². The molecule has 1 heterocycles. The lowest BCUT2D eigenvalue weighted by atomic mass is 9.45. The van der Waals surface area contributed by atoms with Crippen molar-refractivity contribution in [2.45, 2.75) is 70.0 Å². The minimum atomic E-state index is -0.815. The van der Waals surface area contributed by atoms with E-state index in [1.54, 1.807) is 6.08 Å². The standard InChI is InChI=1S/C23H30O5/c1-21-7-5-18-19(3-2-15-11-16(25)4-8-22(15,18)13-24)23(21,27)9-6-17(21)14-10-20(26)28-12-14/h10-11,13,16-19,25,27H,2-9,12H2,1H3. The van der Waals surface area contributed by atoms with Crippen LogP contribution in [-0.4, -0.2) is 40.8 Å². The van der Waals surface area contributed by atoms with Crippen LogP contribution in [0, 0.1) is 28.6 Å². The number of allylic oxidation sites excluding steroid dienone is 1. The van der Waals surface area contributed by atoms with Crippen LogP contribution < -0.4 is 0 Å². The molecular weight excluding hydrogens is 356 g/mol. The molecule has 0 aromatic rings. The van der Waals surface area contributed by atoms with Crippen molar-refractivity contribution in [1.29, 1.82) is 0 Å². The van der Waals surface area contributed by atoms with Gasteiger partial charge in [0.15, 0.2) is 0 Å². The summed E-state index contributed by atoms with van der Waals surface area (Å²) in [5.41, 5.74) is 0.520. The topological polar surface area (TPSA) is 83.8 Å². The largest absolute Gasteiger partial charge is 0.458 e. The molecule has 0 aromatic carbocycles. The normalized spacial score (nSPS) is 50.0. The number of hydrogen-bond donors (Lipinski definition) is 2. The second kappa shape index (κ2) is 6.02. The highest BCUT2D eigenvalue weighted by Crippen LogP contribution is 2.69. The van der Waals surface area contributed by atoms with Crippen molar-refractivity contribution in [3.05, 3.63) is 23.3 Å². The summed E-state index contributed by atoms with van der Waals surface area (Å²) in [7, 11) is 0. The third kappa shape index (κ3) is 2.20. The number of carbonyl (C=O) groups excluding carboxylic acids is 2. The molecule has 1 aliphatic heterocycles. The Morgan fingerprint density at radius 1 is 1.14 bits per heavy atom. The van der Waals surface area contributed by atoms with E-state index in [4.69, 9.17) is 4.74 Å². The Hall–Kier alpha value is -1.46. The van der Waals surface area contributed by atoms with Gasteiger partial charge in [0.25, 0.3) is 0 Å². The lowest BCUT2D eigenvalue weighted by Crippen LogP contribution is -2.61. The van der Waals surface area contributed by atoms with E-state index in [0.29, 0.717) is 19.4 Å². The van der Waals surface area contributed by atoms with E-state index < -0.39 is 17.1 Å². The quantitative estimate of drug-likeness (QED) is 0.433. The molecule has 5 rings (SSSR count). The van der Waals surface area contributed by atoms with Crippen LogP contribution in [0.5, 0.6) is 0 Å². The van der Waals surface area contributed by atoms with Gasteiger partial charge in [0.1, 0.15) is 12.9 Å².